The molecule has 4 nitrogen and oxygen atoms in total. The Kier molecular flexibility index (Phi) is 4.12. The Morgan fingerprint density at radius 2 is 1.96 bits per heavy atom. The summed E-state index contributed by atoms with van der Waals surface area (Å²) in [5, 5.41) is 7.46. The summed E-state index contributed by atoms with van der Waals surface area (Å²) in [6.07, 6.45) is 3.61. The highest BCUT2D eigenvalue weighted by Crippen LogP contribution is 2.36. The van der Waals surface area contributed by atoms with E-state index in [9.17, 15) is 4.79 Å². The second-order valence-corrected chi connectivity index (χ2v) is 7.49. The minimum absolute atomic E-state index is 0.182. The minimum Gasteiger partial charge on any atom is -0.339 e. The van der Waals surface area contributed by atoms with Gasteiger partial charge in [0.1, 0.15) is 0 Å². The van der Waals surface area contributed by atoms with Gasteiger partial charge < -0.3 is 15.5 Å². The van der Waals surface area contributed by atoms with E-state index in [0.29, 0.717) is 12.1 Å². The molecule has 0 radical (unpaired) electrons. The van der Waals surface area contributed by atoms with Crippen LogP contribution in [0.25, 0.3) is 0 Å². The van der Waals surface area contributed by atoms with Crippen molar-refractivity contribution in [1.82, 2.24) is 15.5 Å². The van der Waals surface area contributed by atoms with Crippen LogP contribution in [0, 0.1) is 11.8 Å². The van der Waals surface area contributed by atoms with Crippen molar-refractivity contribution >= 4 is 5.91 Å². The summed E-state index contributed by atoms with van der Waals surface area (Å²) in [5.74, 6) is 1.91. The maximum Gasteiger partial charge on any atom is 0.219 e. The molecule has 0 bridgehead atoms. The molecule has 2 N–H and O–H groups in total. The average molecular weight is 313 g/mol. The van der Waals surface area contributed by atoms with E-state index in [1.165, 1.54) is 37.1 Å². The first-order valence-corrected chi connectivity index (χ1v) is 9.01. The molecule has 4 heteroatoms. The Labute approximate surface area is 138 Å². The Morgan fingerprint density at radius 1 is 1.22 bits per heavy atom. The smallest absolute Gasteiger partial charge is 0.219 e. The molecular formula is C19H27N3O. The van der Waals surface area contributed by atoms with Gasteiger partial charge in [0.25, 0.3) is 0 Å². The Balaban J connectivity index is 1.51. The highest BCUT2D eigenvalue weighted by molar-refractivity contribution is 5.73. The molecule has 1 saturated carbocycles. The van der Waals surface area contributed by atoms with Crippen molar-refractivity contribution < 1.29 is 4.79 Å². The first kappa shape index (κ1) is 15.2. The van der Waals surface area contributed by atoms with Crippen LogP contribution in [-0.2, 0) is 11.3 Å². The zero-order valence-electron chi connectivity index (χ0n) is 13.9. The molecule has 0 aromatic heterocycles. The molecule has 1 aliphatic carbocycles. The van der Waals surface area contributed by atoms with E-state index in [2.05, 4.69) is 34.9 Å². The van der Waals surface area contributed by atoms with Crippen LogP contribution in [0.4, 0.5) is 0 Å². The molecule has 1 amide bonds. The van der Waals surface area contributed by atoms with Gasteiger partial charge in [0.2, 0.25) is 5.91 Å². The number of hydrogen-bond acceptors (Lipinski definition) is 3. The lowest BCUT2D eigenvalue weighted by molar-refractivity contribution is -0.129. The molecular weight excluding hydrogens is 286 g/mol. The number of nitrogens with zero attached hydrogens (tertiary/aromatic N) is 1. The second kappa shape index (κ2) is 6.25. The van der Waals surface area contributed by atoms with Crippen molar-refractivity contribution in [3.8, 4) is 0 Å². The van der Waals surface area contributed by atoms with Crippen molar-refractivity contribution in [2.24, 2.45) is 11.8 Å². The van der Waals surface area contributed by atoms with E-state index in [0.717, 1.165) is 31.3 Å². The van der Waals surface area contributed by atoms with E-state index in [-0.39, 0.29) is 5.91 Å². The molecule has 3 atom stereocenters. The lowest BCUT2D eigenvalue weighted by atomic mass is 9.98. The predicted octanol–water partition coefficient (Wildman–Crippen LogP) is 2.07. The van der Waals surface area contributed by atoms with Gasteiger partial charge in [-0.1, -0.05) is 24.3 Å². The number of carbonyl (C=O) groups excluding carboxylic acids is 1. The molecule has 124 valence electrons. The van der Waals surface area contributed by atoms with Gasteiger partial charge in [-0.3, -0.25) is 4.79 Å². The number of hydrogen-bond donors (Lipinski definition) is 2. The van der Waals surface area contributed by atoms with E-state index in [1.54, 1.807) is 6.92 Å². The number of rotatable bonds is 2. The maximum absolute atomic E-state index is 11.8. The molecule has 1 aromatic rings. The van der Waals surface area contributed by atoms with Crippen LogP contribution in [0.2, 0.25) is 0 Å². The number of carbonyl (C=O) groups is 1. The van der Waals surface area contributed by atoms with E-state index < -0.39 is 0 Å². The van der Waals surface area contributed by atoms with Crippen molar-refractivity contribution in [3.63, 3.8) is 0 Å². The first-order chi connectivity index (χ1) is 11.2. The summed E-state index contributed by atoms with van der Waals surface area (Å²) in [6, 6.07) is 9.66. The van der Waals surface area contributed by atoms with Crippen LogP contribution in [0.1, 0.15) is 43.4 Å². The molecule has 1 saturated heterocycles. The van der Waals surface area contributed by atoms with Crippen molar-refractivity contribution in [2.45, 2.75) is 44.8 Å². The standard InChI is InChI=1S/C19H27N3O/c1-13(23)22-7-6-19(18-5-3-2-4-14(18)12-22)21-17-8-15-10-20-11-16(15)9-17/h2-5,15-17,19-21H,6-12H2,1H3. The van der Waals surface area contributed by atoms with E-state index >= 15 is 0 Å². The molecule has 3 aliphatic rings. The third-order valence-corrected chi connectivity index (χ3v) is 6.02. The number of fused-ring (bicyclic) bond motifs is 2. The summed E-state index contributed by atoms with van der Waals surface area (Å²) in [7, 11) is 0. The largest absolute Gasteiger partial charge is 0.339 e. The van der Waals surface area contributed by atoms with Crippen LogP contribution in [0.5, 0.6) is 0 Å². The second-order valence-electron chi connectivity index (χ2n) is 7.49. The minimum atomic E-state index is 0.182. The fourth-order valence-electron chi connectivity index (χ4n) is 4.77. The summed E-state index contributed by atoms with van der Waals surface area (Å²) < 4.78 is 0. The van der Waals surface area contributed by atoms with Gasteiger partial charge in [-0.25, -0.2) is 0 Å². The topological polar surface area (TPSA) is 44.4 Å². The molecule has 2 aliphatic heterocycles. The van der Waals surface area contributed by atoms with Crippen LogP contribution >= 0.6 is 0 Å². The van der Waals surface area contributed by atoms with Gasteiger partial charge in [-0.05, 0) is 55.3 Å². The fourth-order valence-corrected chi connectivity index (χ4v) is 4.77. The Bertz CT molecular complexity index is 576. The third kappa shape index (κ3) is 3.02. The van der Waals surface area contributed by atoms with Gasteiger partial charge >= 0.3 is 0 Å². The van der Waals surface area contributed by atoms with Crippen LogP contribution in [0.15, 0.2) is 24.3 Å². The average Bonchev–Trinajstić information content (AvgIpc) is 3.05. The van der Waals surface area contributed by atoms with Crippen molar-refractivity contribution in [2.75, 3.05) is 19.6 Å². The molecule has 0 spiro atoms. The molecule has 2 fully saturated rings. The monoisotopic (exact) mass is 313 g/mol. The summed E-state index contributed by atoms with van der Waals surface area (Å²) in [4.78, 5) is 13.8. The molecule has 1 aromatic carbocycles. The third-order valence-electron chi connectivity index (χ3n) is 6.02. The maximum atomic E-state index is 11.8. The molecule has 3 unspecified atom stereocenters. The highest BCUT2D eigenvalue weighted by Gasteiger charge is 2.38. The summed E-state index contributed by atoms with van der Waals surface area (Å²) in [5.41, 5.74) is 2.70. The Hall–Kier alpha value is -1.39. The zero-order valence-corrected chi connectivity index (χ0v) is 13.9. The van der Waals surface area contributed by atoms with Crippen molar-refractivity contribution in [3.05, 3.63) is 35.4 Å². The molecule has 23 heavy (non-hydrogen) atoms. The number of amides is 1. The quantitative estimate of drug-likeness (QED) is 0.878. The molecule has 2 heterocycles. The van der Waals surface area contributed by atoms with E-state index in [1.807, 2.05) is 4.90 Å². The lowest BCUT2D eigenvalue weighted by Gasteiger charge is -2.24. The van der Waals surface area contributed by atoms with Crippen molar-refractivity contribution in [1.29, 1.82) is 0 Å². The normalized spacial score (nSPS) is 33.2. The van der Waals surface area contributed by atoms with Gasteiger partial charge in [0, 0.05) is 32.1 Å². The molecule has 4 rings (SSSR count). The summed E-state index contributed by atoms with van der Waals surface area (Å²) in [6.45, 7) is 5.68. The van der Waals surface area contributed by atoms with Gasteiger partial charge in [0.05, 0.1) is 0 Å². The number of nitrogens with one attached hydrogen (secondary N) is 2. The Morgan fingerprint density at radius 3 is 2.70 bits per heavy atom. The fraction of sp³-hybridized carbons (Fsp3) is 0.632. The zero-order chi connectivity index (χ0) is 15.8. The van der Waals surface area contributed by atoms with E-state index in [4.69, 9.17) is 0 Å². The highest BCUT2D eigenvalue weighted by atomic mass is 16.2. The lowest BCUT2D eigenvalue weighted by Crippen LogP contribution is -2.34. The van der Waals surface area contributed by atoms with Gasteiger partial charge in [-0.15, -0.1) is 0 Å². The van der Waals surface area contributed by atoms with Crippen LogP contribution in [-0.4, -0.2) is 36.5 Å². The van der Waals surface area contributed by atoms with Crippen LogP contribution < -0.4 is 10.6 Å². The predicted molar refractivity (Wildman–Crippen MR) is 90.9 cm³/mol. The summed E-state index contributed by atoms with van der Waals surface area (Å²) >= 11 is 0. The SMILES string of the molecule is CC(=O)N1CCC(NC2CC3CNCC3C2)c2ccccc2C1. The first-order valence-electron chi connectivity index (χ1n) is 9.01. The number of benzene rings is 1. The van der Waals surface area contributed by atoms with Gasteiger partial charge in [-0.2, -0.15) is 0 Å². The van der Waals surface area contributed by atoms with Gasteiger partial charge in [0.15, 0.2) is 0 Å². The van der Waals surface area contributed by atoms with Crippen LogP contribution in [0.3, 0.4) is 0 Å².